The standard InChI is InChI=1S/C14H16Cl2N2O3/c15-11-7-9(17)6-10(12(11)16)13(19)18-3-1-2-14(8-18)20-4-5-21-14/h6-7H,1-5,8,17H2. The van der Waals surface area contributed by atoms with Gasteiger partial charge >= 0.3 is 0 Å². The Balaban J connectivity index is 1.85. The van der Waals surface area contributed by atoms with E-state index in [1.54, 1.807) is 11.0 Å². The lowest BCUT2D eigenvalue weighted by Gasteiger charge is -2.38. The van der Waals surface area contributed by atoms with E-state index in [-0.39, 0.29) is 16.0 Å². The molecule has 7 heteroatoms. The van der Waals surface area contributed by atoms with Gasteiger partial charge in [-0.15, -0.1) is 0 Å². The molecule has 2 N–H and O–H groups in total. The van der Waals surface area contributed by atoms with Crippen molar-refractivity contribution in [1.29, 1.82) is 0 Å². The van der Waals surface area contributed by atoms with Crippen molar-refractivity contribution in [2.45, 2.75) is 18.6 Å². The minimum absolute atomic E-state index is 0.202. The largest absolute Gasteiger partial charge is 0.399 e. The lowest BCUT2D eigenvalue weighted by Crippen LogP contribution is -2.51. The second-order valence-corrected chi connectivity index (χ2v) is 6.09. The van der Waals surface area contributed by atoms with Crippen molar-refractivity contribution in [2.24, 2.45) is 0 Å². The summed E-state index contributed by atoms with van der Waals surface area (Å²) >= 11 is 12.1. The number of hydrogen-bond acceptors (Lipinski definition) is 4. The van der Waals surface area contributed by atoms with Gasteiger partial charge in [-0.25, -0.2) is 0 Å². The van der Waals surface area contributed by atoms with Crippen molar-refractivity contribution >= 4 is 34.8 Å². The second-order valence-electron chi connectivity index (χ2n) is 5.30. The van der Waals surface area contributed by atoms with Gasteiger partial charge in [-0.3, -0.25) is 4.79 Å². The van der Waals surface area contributed by atoms with E-state index in [1.807, 2.05) is 0 Å². The van der Waals surface area contributed by atoms with Gasteiger partial charge in [-0.1, -0.05) is 23.2 Å². The SMILES string of the molecule is Nc1cc(Cl)c(Cl)c(C(=O)N2CCCC3(C2)OCCO3)c1. The highest BCUT2D eigenvalue weighted by Crippen LogP contribution is 2.33. The lowest BCUT2D eigenvalue weighted by atomic mass is 10.0. The van der Waals surface area contributed by atoms with Crippen LogP contribution in [0.2, 0.25) is 10.0 Å². The Morgan fingerprint density at radius 2 is 2.00 bits per heavy atom. The normalized spacial score (nSPS) is 21.0. The van der Waals surface area contributed by atoms with Crippen LogP contribution in [0, 0.1) is 0 Å². The van der Waals surface area contributed by atoms with Crippen molar-refractivity contribution in [3.05, 3.63) is 27.7 Å². The summed E-state index contributed by atoms with van der Waals surface area (Å²) < 4.78 is 11.4. The van der Waals surface area contributed by atoms with Crippen LogP contribution in [-0.2, 0) is 9.47 Å². The zero-order valence-electron chi connectivity index (χ0n) is 11.4. The molecule has 0 unspecified atom stereocenters. The zero-order valence-corrected chi connectivity index (χ0v) is 12.9. The Morgan fingerprint density at radius 1 is 1.29 bits per heavy atom. The number of halogens is 2. The number of nitrogen functional groups attached to an aromatic ring is 1. The van der Waals surface area contributed by atoms with Crippen LogP contribution in [0.5, 0.6) is 0 Å². The first-order valence-electron chi connectivity index (χ1n) is 6.82. The molecule has 0 bridgehead atoms. The topological polar surface area (TPSA) is 64.8 Å². The molecule has 1 aromatic carbocycles. The monoisotopic (exact) mass is 330 g/mol. The number of piperidine rings is 1. The summed E-state index contributed by atoms with van der Waals surface area (Å²) in [6.45, 7) is 2.16. The fourth-order valence-corrected chi connectivity index (χ4v) is 3.25. The Labute approximate surface area is 132 Å². The zero-order chi connectivity index (χ0) is 15.0. The first kappa shape index (κ1) is 14.9. The molecular formula is C14H16Cl2N2O3. The van der Waals surface area contributed by atoms with Gasteiger partial charge in [0.2, 0.25) is 0 Å². The number of anilines is 1. The summed E-state index contributed by atoms with van der Waals surface area (Å²) in [4.78, 5) is 14.4. The number of likely N-dealkylation sites (tertiary alicyclic amines) is 1. The quantitative estimate of drug-likeness (QED) is 0.803. The molecule has 2 saturated heterocycles. The number of benzene rings is 1. The average Bonchev–Trinajstić information content (AvgIpc) is 2.90. The molecule has 2 aliphatic rings. The maximum atomic E-state index is 12.7. The van der Waals surface area contributed by atoms with Gasteiger partial charge in [-0.05, 0) is 18.6 Å². The molecule has 0 aliphatic carbocycles. The van der Waals surface area contributed by atoms with Gasteiger partial charge < -0.3 is 20.1 Å². The maximum Gasteiger partial charge on any atom is 0.255 e. The van der Waals surface area contributed by atoms with Crippen molar-refractivity contribution in [1.82, 2.24) is 4.90 Å². The number of nitrogens with zero attached hydrogens (tertiary/aromatic N) is 1. The molecule has 21 heavy (non-hydrogen) atoms. The predicted molar refractivity (Wildman–Crippen MR) is 80.6 cm³/mol. The molecule has 1 spiro atoms. The van der Waals surface area contributed by atoms with Crippen LogP contribution in [0.4, 0.5) is 5.69 Å². The molecule has 0 aromatic heterocycles. The van der Waals surface area contributed by atoms with Crippen LogP contribution >= 0.6 is 23.2 Å². The van der Waals surface area contributed by atoms with Crippen molar-refractivity contribution in [3.63, 3.8) is 0 Å². The molecule has 0 radical (unpaired) electrons. The van der Waals surface area contributed by atoms with E-state index in [0.717, 1.165) is 12.8 Å². The minimum atomic E-state index is -0.662. The first-order chi connectivity index (χ1) is 10.0. The molecule has 0 atom stereocenters. The average molecular weight is 331 g/mol. The Bertz CT molecular complexity index is 574. The fraction of sp³-hybridized carbons (Fsp3) is 0.500. The van der Waals surface area contributed by atoms with Crippen LogP contribution in [0.1, 0.15) is 23.2 Å². The van der Waals surface area contributed by atoms with Crippen LogP contribution < -0.4 is 5.73 Å². The number of carbonyl (C=O) groups is 1. The van der Waals surface area contributed by atoms with Gasteiger partial charge in [0, 0.05) is 18.7 Å². The molecule has 0 saturated carbocycles. The van der Waals surface area contributed by atoms with Gasteiger partial charge in [0.1, 0.15) is 0 Å². The minimum Gasteiger partial charge on any atom is -0.399 e. The van der Waals surface area contributed by atoms with E-state index in [1.165, 1.54) is 6.07 Å². The van der Waals surface area contributed by atoms with E-state index in [0.29, 0.717) is 37.6 Å². The van der Waals surface area contributed by atoms with E-state index in [4.69, 9.17) is 38.4 Å². The molecule has 2 aliphatic heterocycles. The van der Waals surface area contributed by atoms with Crippen LogP contribution in [0.3, 0.4) is 0 Å². The number of hydrogen-bond donors (Lipinski definition) is 1. The summed E-state index contributed by atoms with van der Waals surface area (Å²) in [6.07, 6.45) is 1.61. The highest BCUT2D eigenvalue weighted by Gasteiger charge is 2.42. The summed E-state index contributed by atoms with van der Waals surface area (Å²) in [5.74, 6) is -0.864. The van der Waals surface area contributed by atoms with E-state index in [2.05, 4.69) is 0 Å². The molecule has 2 fully saturated rings. The molecular weight excluding hydrogens is 315 g/mol. The van der Waals surface area contributed by atoms with E-state index in [9.17, 15) is 4.79 Å². The van der Waals surface area contributed by atoms with Crippen molar-refractivity contribution in [2.75, 3.05) is 32.0 Å². The van der Waals surface area contributed by atoms with Gasteiger partial charge in [0.15, 0.2) is 5.79 Å². The first-order valence-corrected chi connectivity index (χ1v) is 7.58. The maximum absolute atomic E-state index is 12.7. The van der Waals surface area contributed by atoms with Gasteiger partial charge in [-0.2, -0.15) is 0 Å². The van der Waals surface area contributed by atoms with Crippen LogP contribution in [0.15, 0.2) is 12.1 Å². The molecule has 2 heterocycles. The van der Waals surface area contributed by atoms with Gasteiger partial charge in [0.25, 0.3) is 5.91 Å². The smallest absolute Gasteiger partial charge is 0.255 e. The Kier molecular flexibility index (Phi) is 4.01. The number of nitrogens with two attached hydrogens (primary N) is 1. The Hall–Kier alpha value is -1.01. The molecule has 3 rings (SSSR count). The number of rotatable bonds is 1. The van der Waals surface area contributed by atoms with E-state index >= 15 is 0 Å². The summed E-state index contributed by atoms with van der Waals surface area (Å²) in [5.41, 5.74) is 6.47. The van der Waals surface area contributed by atoms with Crippen molar-refractivity contribution in [3.8, 4) is 0 Å². The van der Waals surface area contributed by atoms with Gasteiger partial charge in [0.05, 0.1) is 35.4 Å². The number of ether oxygens (including phenoxy) is 2. The summed E-state index contributed by atoms with van der Waals surface area (Å²) in [6, 6.07) is 3.08. The van der Waals surface area contributed by atoms with Crippen LogP contribution in [0.25, 0.3) is 0 Å². The van der Waals surface area contributed by atoms with Crippen molar-refractivity contribution < 1.29 is 14.3 Å². The Morgan fingerprint density at radius 3 is 2.71 bits per heavy atom. The molecule has 114 valence electrons. The fourth-order valence-electron chi connectivity index (χ4n) is 2.83. The second kappa shape index (κ2) is 5.65. The highest BCUT2D eigenvalue weighted by atomic mass is 35.5. The molecule has 1 aromatic rings. The molecule has 5 nitrogen and oxygen atoms in total. The lowest BCUT2D eigenvalue weighted by molar-refractivity contribution is -0.183. The molecule has 1 amide bonds. The number of amides is 1. The van der Waals surface area contributed by atoms with E-state index < -0.39 is 5.79 Å². The highest BCUT2D eigenvalue weighted by molar-refractivity contribution is 6.44. The summed E-state index contributed by atoms with van der Waals surface area (Å²) in [5, 5.41) is 0.504. The third kappa shape index (κ3) is 2.83. The summed E-state index contributed by atoms with van der Waals surface area (Å²) in [7, 11) is 0. The third-order valence-corrected chi connectivity index (χ3v) is 4.60. The predicted octanol–water partition coefficient (Wildman–Crippen LogP) is 2.55. The van der Waals surface area contributed by atoms with Crippen LogP contribution in [-0.4, -0.2) is 42.9 Å². The number of carbonyl (C=O) groups excluding carboxylic acids is 1. The third-order valence-electron chi connectivity index (χ3n) is 3.80.